The third-order valence-corrected chi connectivity index (χ3v) is 3.50. The van der Waals surface area contributed by atoms with Crippen LogP contribution in [0.4, 0.5) is 5.69 Å². The van der Waals surface area contributed by atoms with Crippen LogP contribution in [0.15, 0.2) is 24.3 Å². The van der Waals surface area contributed by atoms with Crippen molar-refractivity contribution in [3.63, 3.8) is 0 Å². The van der Waals surface area contributed by atoms with Crippen molar-refractivity contribution < 1.29 is 4.74 Å². The summed E-state index contributed by atoms with van der Waals surface area (Å²) in [5, 5.41) is 0.906. The summed E-state index contributed by atoms with van der Waals surface area (Å²) in [5.41, 5.74) is 2.69. The summed E-state index contributed by atoms with van der Waals surface area (Å²) in [5.74, 6) is 0. The van der Waals surface area contributed by atoms with E-state index in [1.807, 2.05) is 0 Å². The maximum atomic E-state index is 5.76. The third-order valence-electron chi connectivity index (χ3n) is 2.90. The first-order valence-corrected chi connectivity index (χ1v) is 6.87. The fourth-order valence-corrected chi connectivity index (χ4v) is 2.78. The van der Waals surface area contributed by atoms with E-state index in [9.17, 15) is 0 Å². The maximum Gasteiger partial charge on any atom is 0.0726 e. The molecule has 0 radical (unpaired) electrons. The summed E-state index contributed by atoms with van der Waals surface area (Å²) in [4.78, 5) is 2.43. The van der Waals surface area contributed by atoms with Gasteiger partial charge in [0, 0.05) is 24.1 Å². The Morgan fingerprint density at radius 1 is 1.25 bits per heavy atom. The highest BCUT2D eigenvalue weighted by Crippen LogP contribution is 2.25. The van der Waals surface area contributed by atoms with E-state index in [1.165, 1.54) is 11.3 Å². The van der Waals surface area contributed by atoms with Crippen molar-refractivity contribution >= 4 is 21.6 Å². The quantitative estimate of drug-likeness (QED) is 0.773. The highest BCUT2D eigenvalue weighted by Gasteiger charge is 2.23. The average molecular weight is 284 g/mol. The van der Waals surface area contributed by atoms with Crippen molar-refractivity contribution in [3.05, 3.63) is 29.8 Å². The van der Waals surface area contributed by atoms with Gasteiger partial charge >= 0.3 is 0 Å². The van der Waals surface area contributed by atoms with Crippen LogP contribution in [0, 0.1) is 0 Å². The highest BCUT2D eigenvalue weighted by atomic mass is 79.9. The molecule has 1 aliphatic rings. The van der Waals surface area contributed by atoms with Gasteiger partial charge in [-0.3, -0.25) is 0 Å². The Bertz CT molecular complexity index is 346. The molecule has 3 heteroatoms. The van der Waals surface area contributed by atoms with Gasteiger partial charge in [-0.05, 0) is 25.5 Å². The number of hydrogen-bond acceptors (Lipinski definition) is 2. The average Bonchev–Trinajstić information content (AvgIpc) is 2.27. The first-order chi connectivity index (χ1) is 7.70. The largest absolute Gasteiger partial charge is 0.372 e. The van der Waals surface area contributed by atoms with Crippen LogP contribution in [-0.2, 0) is 10.1 Å². The molecule has 1 aliphatic heterocycles. The monoisotopic (exact) mass is 283 g/mol. The number of halogens is 1. The lowest BCUT2D eigenvalue weighted by molar-refractivity contribution is -0.00524. The summed E-state index contributed by atoms with van der Waals surface area (Å²) in [6.45, 7) is 6.24. The van der Waals surface area contributed by atoms with Crippen molar-refractivity contribution in [2.45, 2.75) is 31.4 Å². The molecule has 1 fully saturated rings. The maximum absolute atomic E-state index is 5.76. The van der Waals surface area contributed by atoms with Crippen LogP contribution in [0.2, 0.25) is 0 Å². The molecule has 1 saturated heterocycles. The van der Waals surface area contributed by atoms with E-state index in [-0.39, 0.29) is 0 Å². The number of rotatable bonds is 2. The summed E-state index contributed by atoms with van der Waals surface area (Å²) >= 11 is 3.55. The second-order valence-electron chi connectivity index (χ2n) is 4.42. The van der Waals surface area contributed by atoms with Gasteiger partial charge in [0.05, 0.1) is 12.2 Å². The number of nitrogens with zero attached hydrogens (tertiary/aromatic N) is 1. The Morgan fingerprint density at radius 2 is 1.88 bits per heavy atom. The van der Waals surface area contributed by atoms with Crippen LogP contribution in [0.25, 0.3) is 0 Å². The van der Waals surface area contributed by atoms with Crippen LogP contribution in [-0.4, -0.2) is 25.3 Å². The Kier molecular flexibility index (Phi) is 3.87. The Labute approximate surface area is 106 Å². The predicted octanol–water partition coefficient (Wildman–Crippen LogP) is 3.20. The molecule has 0 amide bonds. The molecular formula is C13H18BrNO. The lowest BCUT2D eigenvalue weighted by Crippen LogP contribution is -2.45. The van der Waals surface area contributed by atoms with Gasteiger partial charge in [0.1, 0.15) is 0 Å². The molecule has 1 aromatic carbocycles. The SMILES string of the molecule is CC1CN(c2ccccc2CBr)CC(C)O1. The van der Waals surface area contributed by atoms with Crippen molar-refractivity contribution in [3.8, 4) is 0 Å². The zero-order valence-electron chi connectivity index (χ0n) is 9.82. The van der Waals surface area contributed by atoms with Crippen LogP contribution in [0.3, 0.4) is 0 Å². The molecule has 0 aromatic heterocycles. The molecule has 2 rings (SSSR count). The van der Waals surface area contributed by atoms with E-state index in [0.29, 0.717) is 12.2 Å². The van der Waals surface area contributed by atoms with E-state index in [4.69, 9.17) is 4.74 Å². The van der Waals surface area contributed by atoms with Gasteiger partial charge in [-0.25, -0.2) is 0 Å². The number of hydrogen-bond donors (Lipinski definition) is 0. The van der Waals surface area contributed by atoms with Gasteiger partial charge < -0.3 is 9.64 Å². The molecule has 0 aliphatic carbocycles. The number of morpholine rings is 1. The fourth-order valence-electron chi connectivity index (χ4n) is 2.31. The Balaban J connectivity index is 2.22. The summed E-state index contributed by atoms with van der Waals surface area (Å²) in [6.07, 6.45) is 0.624. The molecule has 2 nitrogen and oxygen atoms in total. The second-order valence-corrected chi connectivity index (χ2v) is 4.99. The summed E-state index contributed by atoms with van der Waals surface area (Å²) in [6, 6.07) is 8.57. The minimum atomic E-state index is 0.312. The van der Waals surface area contributed by atoms with Gasteiger partial charge in [0.2, 0.25) is 0 Å². The number of alkyl halides is 1. The zero-order chi connectivity index (χ0) is 11.5. The smallest absolute Gasteiger partial charge is 0.0726 e. The van der Waals surface area contributed by atoms with Gasteiger partial charge in [0.25, 0.3) is 0 Å². The minimum Gasteiger partial charge on any atom is -0.372 e. The lowest BCUT2D eigenvalue weighted by atomic mass is 10.1. The van der Waals surface area contributed by atoms with E-state index in [1.54, 1.807) is 0 Å². The third kappa shape index (κ3) is 2.58. The molecule has 0 saturated carbocycles. The minimum absolute atomic E-state index is 0.312. The molecule has 1 heterocycles. The lowest BCUT2D eigenvalue weighted by Gasteiger charge is -2.37. The van der Waals surface area contributed by atoms with Crippen molar-refractivity contribution in [2.75, 3.05) is 18.0 Å². The molecule has 2 atom stereocenters. The van der Waals surface area contributed by atoms with Crippen molar-refractivity contribution in [2.24, 2.45) is 0 Å². The summed E-state index contributed by atoms with van der Waals surface area (Å²) < 4.78 is 5.76. The van der Waals surface area contributed by atoms with Gasteiger partial charge in [0.15, 0.2) is 0 Å². The number of para-hydroxylation sites is 1. The number of anilines is 1. The molecule has 16 heavy (non-hydrogen) atoms. The first kappa shape index (κ1) is 11.9. The zero-order valence-corrected chi connectivity index (χ0v) is 11.4. The number of ether oxygens (including phenoxy) is 1. The van der Waals surface area contributed by atoms with E-state index >= 15 is 0 Å². The van der Waals surface area contributed by atoms with E-state index in [2.05, 4.69) is 58.9 Å². The highest BCUT2D eigenvalue weighted by molar-refractivity contribution is 9.08. The molecule has 0 bridgehead atoms. The Hall–Kier alpha value is -0.540. The topological polar surface area (TPSA) is 12.5 Å². The van der Waals surface area contributed by atoms with Gasteiger partial charge in [-0.2, -0.15) is 0 Å². The van der Waals surface area contributed by atoms with Gasteiger partial charge in [-0.1, -0.05) is 34.1 Å². The van der Waals surface area contributed by atoms with Crippen molar-refractivity contribution in [1.29, 1.82) is 0 Å². The molecule has 0 spiro atoms. The molecule has 2 unspecified atom stereocenters. The normalized spacial score (nSPS) is 25.8. The predicted molar refractivity (Wildman–Crippen MR) is 71.3 cm³/mol. The standard InChI is InChI=1S/C13H18BrNO/c1-10-8-15(9-11(2)16-10)13-6-4-3-5-12(13)7-14/h3-6,10-11H,7-9H2,1-2H3. The van der Waals surface area contributed by atoms with Gasteiger partial charge in [-0.15, -0.1) is 0 Å². The van der Waals surface area contributed by atoms with E-state index in [0.717, 1.165) is 18.4 Å². The molecular weight excluding hydrogens is 266 g/mol. The van der Waals surface area contributed by atoms with Crippen molar-refractivity contribution in [1.82, 2.24) is 0 Å². The molecule has 0 N–H and O–H groups in total. The van der Waals surface area contributed by atoms with E-state index < -0.39 is 0 Å². The fraction of sp³-hybridized carbons (Fsp3) is 0.538. The van der Waals surface area contributed by atoms with Crippen LogP contribution >= 0.6 is 15.9 Å². The molecule has 1 aromatic rings. The van der Waals surface area contributed by atoms with Crippen LogP contribution < -0.4 is 4.90 Å². The first-order valence-electron chi connectivity index (χ1n) is 5.75. The van der Waals surface area contributed by atoms with Crippen LogP contribution in [0.1, 0.15) is 19.4 Å². The van der Waals surface area contributed by atoms with Crippen LogP contribution in [0.5, 0.6) is 0 Å². The Morgan fingerprint density at radius 3 is 2.50 bits per heavy atom. The summed E-state index contributed by atoms with van der Waals surface area (Å²) in [7, 11) is 0. The number of benzene rings is 1. The molecule has 88 valence electrons. The second kappa shape index (κ2) is 5.19.